The van der Waals surface area contributed by atoms with E-state index < -0.39 is 26.7 Å². The summed E-state index contributed by atoms with van der Waals surface area (Å²) in [5.74, 6) is 0.292. The predicted molar refractivity (Wildman–Crippen MR) is 110 cm³/mol. The van der Waals surface area contributed by atoms with Crippen molar-refractivity contribution in [3.63, 3.8) is 0 Å². The summed E-state index contributed by atoms with van der Waals surface area (Å²) in [7, 11) is -1.72. The Morgan fingerprint density at radius 3 is 2.57 bits per heavy atom. The summed E-state index contributed by atoms with van der Waals surface area (Å²) in [6, 6.07) is 3.48. The van der Waals surface area contributed by atoms with Gasteiger partial charge in [0.05, 0.1) is 10.1 Å². The van der Waals surface area contributed by atoms with Crippen LogP contribution in [0.25, 0.3) is 0 Å². The Hall–Kier alpha value is -2.46. The van der Waals surface area contributed by atoms with Gasteiger partial charge in [-0.15, -0.1) is 0 Å². The molecule has 10 heteroatoms. The molecule has 162 valence electrons. The molecule has 1 N–H and O–H groups in total. The van der Waals surface area contributed by atoms with E-state index in [0.717, 1.165) is 18.9 Å². The molecule has 0 radical (unpaired) electrons. The van der Waals surface area contributed by atoms with Crippen LogP contribution in [0.2, 0.25) is 0 Å². The van der Waals surface area contributed by atoms with E-state index in [4.69, 9.17) is 4.74 Å². The Balaban J connectivity index is 1.62. The third kappa shape index (κ3) is 4.49. The van der Waals surface area contributed by atoms with Gasteiger partial charge in [-0.05, 0) is 44.1 Å². The van der Waals surface area contributed by atoms with Gasteiger partial charge in [-0.1, -0.05) is 0 Å². The van der Waals surface area contributed by atoms with E-state index in [0.29, 0.717) is 38.3 Å². The van der Waals surface area contributed by atoms with Gasteiger partial charge in [-0.25, -0.2) is 8.42 Å². The number of amides is 1. The first-order valence-corrected chi connectivity index (χ1v) is 11.7. The Bertz CT molecular complexity index is 1080. The zero-order chi connectivity index (χ0) is 21.3. The highest BCUT2D eigenvalue weighted by Gasteiger charge is 2.37. The lowest BCUT2D eigenvalue weighted by molar-refractivity contribution is -0.120. The second-order valence-electron chi connectivity index (χ2n) is 8.02. The number of anilines is 1. The third-order valence-corrected chi connectivity index (χ3v) is 7.97. The van der Waals surface area contributed by atoms with E-state index >= 15 is 0 Å². The first-order chi connectivity index (χ1) is 14.3. The molecule has 0 aromatic carbocycles. The minimum atomic E-state index is -3.47. The lowest BCUT2D eigenvalue weighted by Gasteiger charge is -2.27. The Kier molecular flexibility index (Phi) is 5.79. The number of sulfone groups is 1. The van der Waals surface area contributed by atoms with Crippen molar-refractivity contribution < 1.29 is 17.9 Å². The predicted octanol–water partition coefficient (Wildman–Crippen LogP) is 1.51. The summed E-state index contributed by atoms with van der Waals surface area (Å²) in [6.45, 7) is 1.26. The van der Waals surface area contributed by atoms with Gasteiger partial charge in [0.15, 0.2) is 15.7 Å². The van der Waals surface area contributed by atoms with Crippen LogP contribution in [0, 0.1) is 5.92 Å². The minimum Gasteiger partial charge on any atom is -0.381 e. The average molecular weight is 435 g/mol. The highest BCUT2D eigenvalue weighted by Crippen LogP contribution is 2.33. The van der Waals surface area contributed by atoms with Gasteiger partial charge in [0.25, 0.3) is 5.56 Å². The number of carbonyl (C=O) groups is 1. The molecule has 9 nitrogen and oxygen atoms in total. The lowest BCUT2D eigenvalue weighted by atomic mass is 9.92. The van der Waals surface area contributed by atoms with Crippen molar-refractivity contribution in [3.8, 4) is 0 Å². The van der Waals surface area contributed by atoms with Crippen molar-refractivity contribution in [3.05, 3.63) is 40.9 Å². The van der Waals surface area contributed by atoms with Crippen molar-refractivity contribution in [2.75, 3.05) is 18.5 Å². The zero-order valence-electron chi connectivity index (χ0n) is 16.9. The number of rotatable bonds is 7. The van der Waals surface area contributed by atoms with Crippen LogP contribution in [-0.2, 0) is 26.4 Å². The molecule has 0 unspecified atom stereocenters. The van der Waals surface area contributed by atoms with E-state index in [2.05, 4.69) is 10.4 Å². The fraction of sp³-hybridized carbons (Fsp3) is 0.550. The second-order valence-corrected chi connectivity index (χ2v) is 10.3. The third-order valence-electron chi connectivity index (χ3n) is 5.71. The number of pyridine rings is 1. The molecule has 0 spiro atoms. The maximum absolute atomic E-state index is 13.1. The van der Waals surface area contributed by atoms with Crippen molar-refractivity contribution >= 4 is 21.6 Å². The maximum Gasteiger partial charge on any atom is 0.252 e. The number of ether oxygens (including phenoxy) is 1. The first kappa shape index (κ1) is 20.8. The summed E-state index contributed by atoms with van der Waals surface area (Å²) in [5, 5.41) is 6.55. The zero-order valence-corrected chi connectivity index (χ0v) is 17.7. The Morgan fingerprint density at radius 1 is 1.23 bits per heavy atom. The molecule has 2 fully saturated rings. The molecule has 1 saturated carbocycles. The fourth-order valence-corrected chi connectivity index (χ4v) is 5.47. The van der Waals surface area contributed by atoms with Gasteiger partial charge in [0.1, 0.15) is 6.04 Å². The standard InChI is InChI=1S/C20H26N4O5S/c1-23-8-5-18(22-23)21-20(26)17(12-14-6-10-29-11-7-14)24-9-4-16(13-19(24)25)30(27,28)15-2-3-15/h4-5,8-9,13-15,17H,2-3,6-7,10-12H2,1H3,(H,21,22,26)/t17-/m1/s1. The van der Waals surface area contributed by atoms with Crippen LogP contribution in [0.5, 0.6) is 0 Å². The summed E-state index contributed by atoms with van der Waals surface area (Å²) < 4.78 is 33.3. The number of aromatic nitrogens is 3. The molecule has 2 aromatic heterocycles. The number of nitrogens with one attached hydrogen (secondary N) is 1. The van der Waals surface area contributed by atoms with Gasteiger partial charge in [0, 0.05) is 44.8 Å². The quantitative estimate of drug-likeness (QED) is 0.707. The van der Waals surface area contributed by atoms with E-state index in [-0.39, 0.29) is 16.7 Å². The fourth-order valence-electron chi connectivity index (χ4n) is 3.81. The topological polar surface area (TPSA) is 112 Å². The van der Waals surface area contributed by atoms with Crippen LogP contribution in [0.4, 0.5) is 5.82 Å². The van der Waals surface area contributed by atoms with E-state index in [1.165, 1.54) is 16.8 Å². The number of nitrogens with zero attached hydrogens (tertiary/aromatic N) is 3. The van der Waals surface area contributed by atoms with E-state index in [1.807, 2.05) is 0 Å². The van der Waals surface area contributed by atoms with Gasteiger partial charge in [0.2, 0.25) is 5.91 Å². The number of hydrogen-bond acceptors (Lipinski definition) is 6. The van der Waals surface area contributed by atoms with Crippen molar-refractivity contribution in [2.24, 2.45) is 13.0 Å². The molecular formula is C20H26N4O5S. The molecule has 1 aliphatic heterocycles. The van der Waals surface area contributed by atoms with Crippen molar-refractivity contribution in [2.45, 2.75) is 48.3 Å². The summed E-state index contributed by atoms with van der Waals surface area (Å²) in [5.41, 5.74) is -0.495. The molecule has 1 amide bonds. The van der Waals surface area contributed by atoms with Crippen LogP contribution in [-0.4, -0.2) is 47.1 Å². The number of aryl methyl sites for hydroxylation is 1. The molecule has 1 aliphatic carbocycles. The molecule has 1 saturated heterocycles. The van der Waals surface area contributed by atoms with Crippen LogP contribution >= 0.6 is 0 Å². The van der Waals surface area contributed by atoms with E-state index in [1.54, 1.807) is 24.0 Å². The summed E-state index contributed by atoms with van der Waals surface area (Å²) >= 11 is 0. The molecule has 30 heavy (non-hydrogen) atoms. The minimum absolute atomic E-state index is 0.0289. The highest BCUT2D eigenvalue weighted by molar-refractivity contribution is 7.92. The van der Waals surface area contributed by atoms with Crippen molar-refractivity contribution in [1.29, 1.82) is 0 Å². The Morgan fingerprint density at radius 2 is 1.97 bits per heavy atom. The number of hydrogen-bond donors (Lipinski definition) is 1. The smallest absolute Gasteiger partial charge is 0.252 e. The molecule has 2 aliphatic rings. The summed E-state index contributed by atoms with van der Waals surface area (Å²) in [4.78, 5) is 26.0. The van der Waals surface area contributed by atoms with Crippen LogP contribution in [0.3, 0.4) is 0 Å². The van der Waals surface area contributed by atoms with Gasteiger partial charge >= 0.3 is 0 Å². The molecule has 4 rings (SSSR count). The number of carbonyl (C=O) groups excluding carboxylic acids is 1. The molecule has 2 aromatic rings. The lowest BCUT2D eigenvalue weighted by Crippen LogP contribution is -2.35. The molecule has 1 atom stereocenters. The van der Waals surface area contributed by atoms with Gasteiger partial charge in [-0.2, -0.15) is 5.10 Å². The van der Waals surface area contributed by atoms with E-state index in [9.17, 15) is 18.0 Å². The molecule has 3 heterocycles. The maximum atomic E-state index is 13.1. The van der Waals surface area contributed by atoms with Crippen LogP contribution in [0.1, 0.15) is 38.1 Å². The first-order valence-electron chi connectivity index (χ1n) is 10.2. The largest absolute Gasteiger partial charge is 0.381 e. The summed E-state index contributed by atoms with van der Waals surface area (Å²) in [6.07, 6.45) is 6.50. The van der Waals surface area contributed by atoms with Gasteiger partial charge < -0.3 is 14.6 Å². The SMILES string of the molecule is Cn1ccc(NC(=O)[C@@H](CC2CCOCC2)n2ccc(S(=O)(=O)C3CC3)cc2=O)n1. The second kappa shape index (κ2) is 8.35. The highest BCUT2D eigenvalue weighted by atomic mass is 32.2. The normalized spacial score (nSPS) is 18.8. The van der Waals surface area contributed by atoms with Crippen LogP contribution < -0.4 is 10.9 Å². The molecular weight excluding hydrogens is 408 g/mol. The molecule has 0 bridgehead atoms. The average Bonchev–Trinajstić information content (AvgIpc) is 3.51. The van der Waals surface area contributed by atoms with Gasteiger partial charge in [-0.3, -0.25) is 14.3 Å². The van der Waals surface area contributed by atoms with Crippen LogP contribution in [0.15, 0.2) is 40.3 Å². The Labute approximate surface area is 175 Å². The van der Waals surface area contributed by atoms with Crippen molar-refractivity contribution in [1.82, 2.24) is 14.3 Å². The monoisotopic (exact) mass is 434 g/mol.